The van der Waals surface area contributed by atoms with E-state index in [0.29, 0.717) is 0 Å². The van der Waals surface area contributed by atoms with Gasteiger partial charge in [-0.2, -0.15) is 5.26 Å². The SMILES string of the molecule is N#Cc1cc2cccc3ccc4[c]ccc1c4c32. The van der Waals surface area contributed by atoms with E-state index in [1.165, 1.54) is 10.8 Å². The fraction of sp³-hybridized carbons (Fsp3) is 0. The minimum atomic E-state index is 0.736. The summed E-state index contributed by atoms with van der Waals surface area (Å²) in [7, 11) is 0. The highest BCUT2D eigenvalue weighted by molar-refractivity contribution is 6.24. The molecule has 0 saturated carbocycles. The Kier molecular flexibility index (Phi) is 1.68. The van der Waals surface area contributed by atoms with Gasteiger partial charge in [-0.25, -0.2) is 0 Å². The number of hydrogen-bond donors (Lipinski definition) is 0. The van der Waals surface area contributed by atoms with Crippen LogP contribution in [0.4, 0.5) is 0 Å². The third-order valence-electron chi connectivity index (χ3n) is 3.55. The Hall–Kier alpha value is -2.59. The van der Waals surface area contributed by atoms with Crippen molar-refractivity contribution >= 4 is 32.3 Å². The van der Waals surface area contributed by atoms with Crippen molar-refractivity contribution in [3.8, 4) is 6.07 Å². The monoisotopic (exact) mass is 226 g/mol. The zero-order valence-electron chi connectivity index (χ0n) is 9.57. The maximum Gasteiger partial charge on any atom is 0.0998 e. The molecule has 0 spiro atoms. The molecular formula is C17H8N. The third kappa shape index (κ3) is 1.05. The van der Waals surface area contributed by atoms with Crippen LogP contribution in [0, 0.1) is 17.4 Å². The predicted molar refractivity (Wildman–Crippen MR) is 73.7 cm³/mol. The number of hydrogen-bond acceptors (Lipinski definition) is 1. The molecule has 0 aliphatic heterocycles. The van der Waals surface area contributed by atoms with E-state index >= 15 is 0 Å². The first-order valence-corrected chi connectivity index (χ1v) is 5.87. The molecule has 0 N–H and O–H groups in total. The van der Waals surface area contributed by atoms with Crippen molar-refractivity contribution in [1.82, 2.24) is 0 Å². The van der Waals surface area contributed by atoms with Gasteiger partial charge in [-0.3, -0.25) is 0 Å². The van der Waals surface area contributed by atoms with Gasteiger partial charge in [0.2, 0.25) is 0 Å². The second kappa shape index (κ2) is 3.21. The van der Waals surface area contributed by atoms with Crippen LogP contribution in [0.2, 0.25) is 0 Å². The molecule has 1 nitrogen and oxygen atoms in total. The molecule has 0 aliphatic carbocycles. The minimum absolute atomic E-state index is 0.736. The van der Waals surface area contributed by atoms with Gasteiger partial charge >= 0.3 is 0 Å². The van der Waals surface area contributed by atoms with Crippen LogP contribution in [0.15, 0.2) is 48.5 Å². The number of nitriles is 1. The summed E-state index contributed by atoms with van der Waals surface area (Å²) in [6, 6.07) is 21.8. The molecule has 1 heteroatoms. The highest BCUT2D eigenvalue weighted by Crippen LogP contribution is 2.35. The molecule has 18 heavy (non-hydrogen) atoms. The van der Waals surface area contributed by atoms with Crippen LogP contribution in [0.5, 0.6) is 0 Å². The van der Waals surface area contributed by atoms with Gasteiger partial charge in [-0.05, 0) is 39.1 Å². The van der Waals surface area contributed by atoms with Gasteiger partial charge in [-0.1, -0.05) is 42.5 Å². The average molecular weight is 226 g/mol. The summed E-state index contributed by atoms with van der Waals surface area (Å²) in [6.45, 7) is 0. The quantitative estimate of drug-likeness (QED) is 0.411. The van der Waals surface area contributed by atoms with Crippen molar-refractivity contribution in [1.29, 1.82) is 5.26 Å². The lowest BCUT2D eigenvalue weighted by Gasteiger charge is -2.11. The Morgan fingerprint density at radius 3 is 2.72 bits per heavy atom. The maximum atomic E-state index is 9.30. The zero-order chi connectivity index (χ0) is 12.1. The lowest BCUT2D eigenvalue weighted by atomic mass is 9.92. The molecule has 4 rings (SSSR count). The molecule has 0 saturated heterocycles. The maximum absolute atomic E-state index is 9.30. The second-order valence-electron chi connectivity index (χ2n) is 4.49. The summed E-state index contributed by atoms with van der Waals surface area (Å²) < 4.78 is 0. The van der Waals surface area contributed by atoms with Gasteiger partial charge in [0.1, 0.15) is 0 Å². The van der Waals surface area contributed by atoms with E-state index in [2.05, 4.69) is 36.4 Å². The Morgan fingerprint density at radius 1 is 0.944 bits per heavy atom. The average Bonchev–Trinajstić information content (AvgIpc) is 2.44. The second-order valence-corrected chi connectivity index (χ2v) is 4.49. The normalized spacial score (nSPS) is 11.3. The Morgan fingerprint density at radius 2 is 1.83 bits per heavy atom. The number of nitrogens with zero attached hydrogens (tertiary/aromatic N) is 1. The summed E-state index contributed by atoms with van der Waals surface area (Å²) in [5.74, 6) is 0. The molecule has 0 atom stereocenters. The largest absolute Gasteiger partial charge is 0.192 e. The summed E-state index contributed by atoms with van der Waals surface area (Å²) >= 11 is 0. The van der Waals surface area contributed by atoms with Crippen LogP contribution >= 0.6 is 0 Å². The minimum Gasteiger partial charge on any atom is -0.192 e. The van der Waals surface area contributed by atoms with Crippen LogP contribution in [-0.4, -0.2) is 0 Å². The van der Waals surface area contributed by atoms with E-state index in [-0.39, 0.29) is 0 Å². The molecule has 0 aliphatic rings. The van der Waals surface area contributed by atoms with E-state index in [0.717, 1.165) is 27.1 Å². The Labute approximate surface area is 104 Å². The third-order valence-corrected chi connectivity index (χ3v) is 3.55. The fourth-order valence-corrected chi connectivity index (χ4v) is 2.78. The Bertz CT molecular complexity index is 929. The lowest BCUT2D eigenvalue weighted by Crippen LogP contribution is -1.86. The number of rotatable bonds is 0. The topological polar surface area (TPSA) is 23.8 Å². The van der Waals surface area contributed by atoms with Crippen molar-refractivity contribution in [2.45, 2.75) is 0 Å². The van der Waals surface area contributed by atoms with Crippen molar-refractivity contribution in [2.24, 2.45) is 0 Å². The van der Waals surface area contributed by atoms with Crippen molar-refractivity contribution in [3.05, 3.63) is 60.2 Å². The molecule has 0 unspecified atom stereocenters. The highest BCUT2D eigenvalue weighted by Gasteiger charge is 2.10. The zero-order valence-corrected chi connectivity index (χ0v) is 9.57. The molecule has 0 amide bonds. The van der Waals surface area contributed by atoms with Gasteiger partial charge in [0.15, 0.2) is 0 Å². The van der Waals surface area contributed by atoms with Gasteiger partial charge in [-0.15, -0.1) is 0 Å². The van der Waals surface area contributed by atoms with Gasteiger partial charge in [0.05, 0.1) is 11.6 Å². The fourth-order valence-electron chi connectivity index (χ4n) is 2.78. The summed E-state index contributed by atoms with van der Waals surface area (Å²) in [4.78, 5) is 0. The molecule has 0 bridgehead atoms. The first-order chi connectivity index (χ1) is 8.88. The van der Waals surface area contributed by atoms with E-state index in [1.807, 2.05) is 24.3 Å². The molecule has 4 aromatic rings. The molecular weight excluding hydrogens is 218 g/mol. The predicted octanol–water partition coefficient (Wildman–Crippen LogP) is 4.26. The molecule has 0 heterocycles. The molecule has 0 aromatic heterocycles. The Balaban J connectivity index is 2.48. The van der Waals surface area contributed by atoms with E-state index < -0.39 is 0 Å². The molecule has 1 radical (unpaired) electrons. The van der Waals surface area contributed by atoms with Crippen molar-refractivity contribution in [3.63, 3.8) is 0 Å². The first kappa shape index (κ1) is 9.44. The first-order valence-electron chi connectivity index (χ1n) is 5.87. The molecule has 0 fully saturated rings. The van der Waals surface area contributed by atoms with Crippen LogP contribution in [0.25, 0.3) is 32.3 Å². The van der Waals surface area contributed by atoms with Crippen molar-refractivity contribution < 1.29 is 0 Å². The molecule has 81 valence electrons. The van der Waals surface area contributed by atoms with Gasteiger partial charge < -0.3 is 0 Å². The summed E-state index contributed by atoms with van der Waals surface area (Å²) in [5.41, 5.74) is 0.736. The van der Waals surface area contributed by atoms with Crippen LogP contribution in [-0.2, 0) is 0 Å². The highest BCUT2D eigenvalue weighted by atomic mass is 14.2. The summed E-state index contributed by atoms with van der Waals surface area (Å²) in [6.07, 6.45) is 0. The standard InChI is InChI=1S/C17H8N/c18-10-14-9-13-5-1-3-11-7-8-12-4-2-6-15(14)17(12)16(11)13/h1-3,5-9H. The van der Waals surface area contributed by atoms with Crippen LogP contribution < -0.4 is 0 Å². The number of benzene rings is 4. The van der Waals surface area contributed by atoms with E-state index in [4.69, 9.17) is 0 Å². The van der Waals surface area contributed by atoms with Crippen molar-refractivity contribution in [2.75, 3.05) is 0 Å². The van der Waals surface area contributed by atoms with Crippen LogP contribution in [0.3, 0.4) is 0 Å². The van der Waals surface area contributed by atoms with Gasteiger partial charge in [0.25, 0.3) is 0 Å². The lowest BCUT2D eigenvalue weighted by molar-refractivity contribution is 1.51. The van der Waals surface area contributed by atoms with Gasteiger partial charge in [0, 0.05) is 5.39 Å². The summed E-state index contributed by atoms with van der Waals surface area (Å²) in [5, 5.41) is 16.1. The van der Waals surface area contributed by atoms with Crippen LogP contribution in [0.1, 0.15) is 5.56 Å². The van der Waals surface area contributed by atoms with E-state index in [9.17, 15) is 5.26 Å². The van der Waals surface area contributed by atoms with E-state index in [1.54, 1.807) is 0 Å². The molecule has 4 aromatic carbocycles. The smallest absolute Gasteiger partial charge is 0.0998 e.